The Balaban J connectivity index is 2.00. The molecular formula is C13H12N4OS. The molecule has 3 rings (SSSR count). The monoisotopic (exact) mass is 272 g/mol. The van der Waals surface area contributed by atoms with Crippen molar-refractivity contribution < 1.29 is 5.11 Å². The van der Waals surface area contributed by atoms with Gasteiger partial charge in [-0.1, -0.05) is 6.07 Å². The van der Waals surface area contributed by atoms with Crippen molar-refractivity contribution in [1.29, 1.82) is 0 Å². The van der Waals surface area contributed by atoms with Crippen LogP contribution in [-0.2, 0) is 6.54 Å². The van der Waals surface area contributed by atoms with Gasteiger partial charge in [-0.3, -0.25) is 0 Å². The van der Waals surface area contributed by atoms with Gasteiger partial charge in [0, 0.05) is 17.0 Å². The SMILES string of the molecule is Cc1nc(NCc2nccs2)c2cccc(O)c2n1. The number of phenols is 1. The lowest BCUT2D eigenvalue weighted by Crippen LogP contribution is -2.04. The Kier molecular flexibility index (Phi) is 3.00. The molecule has 0 spiro atoms. The summed E-state index contributed by atoms with van der Waals surface area (Å²) in [6, 6.07) is 5.29. The summed E-state index contributed by atoms with van der Waals surface area (Å²) in [6.07, 6.45) is 1.77. The molecule has 96 valence electrons. The number of nitrogens with zero attached hydrogens (tertiary/aromatic N) is 3. The van der Waals surface area contributed by atoms with Crippen LogP contribution < -0.4 is 5.32 Å². The molecule has 2 N–H and O–H groups in total. The van der Waals surface area contributed by atoms with Crippen LogP contribution in [0.25, 0.3) is 10.9 Å². The van der Waals surface area contributed by atoms with Crippen LogP contribution in [0, 0.1) is 6.92 Å². The van der Waals surface area contributed by atoms with Gasteiger partial charge in [0.25, 0.3) is 0 Å². The Hall–Kier alpha value is -2.21. The van der Waals surface area contributed by atoms with Crippen LogP contribution in [0.3, 0.4) is 0 Å². The Bertz CT molecular complexity index is 712. The van der Waals surface area contributed by atoms with Crippen molar-refractivity contribution in [2.75, 3.05) is 5.32 Å². The fourth-order valence-electron chi connectivity index (χ4n) is 1.88. The molecule has 0 bridgehead atoms. The molecule has 0 radical (unpaired) electrons. The number of aromatic nitrogens is 3. The molecule has 6 heteroatoms. The summed E-state index contributed by atoms with van der Waals surface area (Å²) in [5, 5.41) is 16.8. The number of hydrogen-bond donors (Lipinski definition) is 2. The maximum absolute atomic E-state index is 9.84. The molecule has 0 saturated carbocycles. The highest BCUT2D eigenvalue weighted by atomic mass is 32.1. The first-order chi connectivity index (χ1) is 9.24. The number of hydrogen-bond acceptors (Lipinski definition) is 6. The Labute approximate surface area is 114 Å². The zero-order valence-electron chi connectivity index (χ0n) is 10.3. The van der Waals surface area contributed by atoms with E-state index in [1.165, 1.54) is 0 Å². The Morgan fingerprint density at radius 1 is 1.32 bits per heavy atom. The highest BCUT2D eigenvalue weighted by molar-refractivity contribution is 7.09. The van der Waals surface area contributed by atoms with Crippen LogP contribution >= 0.6 is 11.3 Å². The summed E-state index contributed by atoms with van der Waals surface area (Å²) in [5.41, 5.74) is 0.566. The van der Waals surface area contributed by atoms with E-state index in [-0.39, 0.29) is 5.75 Å². The van der Waals surface area contributed by atoms with Crippen molar-refractivity contribution in [3.05, 3.63) is 40.6 Å². The first kappa shape index (κ1) is 11.9. The van der Waals surface area contributed by atoms with E-state index in [0.29, 0.717) is 23.7 Å². The molecule has 0 unspecified atom stereocenters. The number of phenolic OH excluding ortho intramolecular Hbond substituents is 1. The molecule has 0 aliphatic rings. The van der Waals surface area contributed by atoms with Crippen LogP contribution in [0.2, 0.25) is 0 Å². The molecule has 0 amide bonds. The molecule has 0 fully saturated rings. The minimum Gasteiger partial charge on any atom is -0.506 e. The second-order valence-corrected chi connectivity index (χ2v) is 5.05. The number of aromatic hydroxyl groups is 1. The topological polar surface area (TPSA) is 70.9 Å². The van der Waals surface area contributed by atoms with Crippen LogP contribution in [0.5, 0.6) is 5.75 Å². The third-order valence-corrected chi connectivity index (χ3v) is 3.49. The van der Waals surface area contributed by atoms with E-state index in [9.17, 15) is 5.11 Å². The van der Waals surface area contributed by atoms with E-state index >= 15 is 0 Å². The van der Waals surface area contributed by atoms with Crippen molar-refractivity contribution in [3.8, 4) is 5.75 Å². The number of benzene rings is 1. The molecule has 2 heterocycles. The van der Waals surface area contributed by atoms with Crippen molar-refractivity contribution >= 4 is 28.1 Å². The second kappa shape index (κ2) is 4.81. The number of nitrogens with one attached hydrogen (secondary N) is 1. The maximum Gasteiger partial charge on any atom is 0.142 e. The van der Waals surface area contributed by atoms with Gasteiger partial charge in [-0.25, -0.2) is 15.0 Å². The van der Waals surface area contributed by atoms with Crippen LogP contribution in [0.1, 0.15) is 10.8 Å². The average molecular weight is 272 g/mol. The maximum atomic E-state index is 9.84. The van der Waals surface area contributed by atoms with Gasteiger partial charge in [0.05, 0.1) is 6.54 Å². The molecule has 0 aliphatic heterocycles. The lowest BCUT2D eigenvalue weighted by Gasteiger charge is -2.09. The van der Waals surface area contributed by atoms with Gasteiger partial charge in [-0.05, 0) is 19.1 Å². The van der Waals surface area contributed by atoms with Gasteiger partial charge in [0.1, 0.15) is 27.9 Å². The van der Waals surface area contributed by atoms with Gasteiger partial charge in [0.15, 0.2) is 0 Å². The summed E-state index contributed by atoms with van der Waals surface area (Å²) >= 11 is 1.59. The summed E-state index contributed by atoms with van der Waals surface area (Å²) < 4.78 is 0. The third kappa shape index (κ3) is 2.34. The minimum atomic E-state index is 0.167. The van der Waals surface area contributed by atoms with E-state index in [1.807, 2.05) is 11.4 Å². The number of fused-ring (bicyclic) bond motifs is 1. The number of rotatable bonds is 3. The zero-order valence-corrected chi connectivity index (χ0v) is 11.1. The fraction of sp³-hybridized carbons (Fsp3) is 0.154. The molecule has 2 aromatic heterocycles. The second-order valence-electron chi connectivity index (χ2n) is 4.07. The average Bonchev–Trinajstić information content (AvgIpc) is 2.90. The summed E-state index contributed by atoms with van der Waals surface area (Å²) in [5.74, 6) is 1.50. The highest BCUT2D eigenvalue weighted by Crippen LogP contribution is 2.27. The fourth-order valence-corrected chi connectivity index (χ4v) is 2.44. The molecule has 19 heavy (non-hydrogen) atoms. The third-order valence-electron chi connectivity index (χ3n) is 2.71. The van der Waals surface area contributed by atoms with Crippen molar-refractivity contribution in [2.45, 2.75) is 13.5 Å². The lowest BCUT2D eigenvalue weighted by molar-refractivity contribution is 0.480. The Morgan fingerprint density at radius 3 is 3.00 bits per heavy atom. The molecule has 1 aromatic carbocycles. The standard InChI is InChI=1S/C13H12N4OS/c1-8-16-12-9(3-2-4-10(12)18)13(17-8)15-7-11-14-5-6-19-11/h2-6,18H,7H2,1H3,(H,15,16,17). The van der Waals surface area contributed by atoms with Gasteiger partial charge in [-0.15, -0.1) is 11.3 Å². The molecular weight excluding hydrogens is 260 g/mol. The normalized spacial score (nSPS) is 10.8. The van der Waals surface area contributed by atoms with E-state index in [1.54, 1.807) is 36.6 Å². The minimum absolute atomic E-state index is 0.167. The zero-order chi connectivity index (χ0) is 13.2. The summed E-state index contributed by atoms with van der Waals surface area (Å²) in [7, 11) is 0. The number of para-hydroxylation sites is 1. The van der Waals surface area contributed by atoms with Gasteiger partial charge < -0.3 is 10.4 Å². The number of anilines is 1. The number of aryl methyl sites for hydroxylation is 1. The van der Waals surface area contributed by atoms with Crippen LogP contribution in [0.15, 0.2) is 29.8 Å². The predicted octanol–water partition coefficient (Wildman–Crippen LogP) is 2.71. The first-order valence-corrected chi connectivity index (χ1v) is 6.70. The van der Waals surface area contributed by atoms with E-state index in [4.69, 9.17) is 0 Å². The van der Waals surface area contributed by atoms with E-state index in [0.717, 1.165) is 10.4 Å². The first-order valence-electron chi connectivity index (χ1n) is 5.82. The number of thiazole rings is 1. The van der Waals surface area contributed by atoms with Crippen molar-refractivity contribution in [3.63, 3.8) is 0 Å². The molecule has 3 aromatic rings. The highest BCUT2D eigenvalue weighted by Gasteiger charge is 2.09. The molecule has 0 atom stereocenters. The molecule has 5 nitrogen and oxygen atoms in total. The van der Waals surface area contributed by atoms with Gasteiger partial charge in [0.2, 0.25) is 0 Å². The largest absolute Gasteiger partial charge is 0.506 e. The van der Waals surface area contributed by atoms with Crippen LogP contribution in [-0.4, -0.2) is 20.1 Å². The quantitative estimate of drug-likeness (QED) is 0.767. The summed E-state index contributed by atoms with van der Waals surface area (Å²) in [4.78, 5) is 12.9. The lowest BCUT2D eigenvalue weighted by atomic mass is 10.2. The smallest absolute Gasteiger partial charge is 0.142 e. The van der Waals surface area contributed by atoms with E-state index < -0.39 is 0 Å². The van der Waals surface area contributed by atoms with Crippen molar-refractivity contribution in [2.24, 2.45) is 0 Å². The molecule has 0 aliphatic carbocycles. The van der Waals surface area contributed by atoms with E-state index in [2.05, 4.69) is 20.3 Å². The van der Waals surface area contributed by atoms with Gasteiger partial charge in [-0.2, -0.15) is 0 Å². The Morgan fingerprint density at radius 2 is 2.21 bits per heavy atom. The molecule has 0 saturated heterocycles. The van der Waals surface area contributed by atoms with Gasteiger partial charge >= 0.3 is 0 Å². The van der Waals surface area contributed by atoms with Crippen LogP contribution in [0.4, 0.5) is 5.82 Å². The summed E-state index contributed by atoms with van der Waals surface area (Å²) in [6.45, 7) is 2.42. The predicted molar refractivity (Wildman–Crippen MR) is 75.4 cm³/mol. The van der Waals surface area contributed by atoms with Crippen molar-refractivity contribution in [1.82, 2.24) is 15.0 Å².